The number of hydrogen-bond donors (Lipinski definition) is 2. The number of halogens is 2. The van der Waals surface area contributed by atoms with Gasteiger partial charge in [0.05, 0.1) is 10.6 Å². The molecule has 23 heavy (non-hydrogen) atoms. The SMILES string of the molecule is NNC(=O)CN(c1ccc(F)cc1)S(=O)(=O)c1ccc(Br)cc1. The smallest absolute Gasteiger partial charge is 0.264 e. The molecule has 122 valence electrons. The zero-order valence-electron chi connectivity index (χ0n) is 11.7. The van der Waals surface area contributed by atoms with Crippen LogP contribution >= 0.6 is 15.9 Å². The number of amides is 1. The van der Waals surface area contributed by atoms with Crippen molar-refractivity contribution in [2.75, 3.05) is 10.8 Å². The molecule has 2 aromatic rings. The van der Waals surface area contributed by atoms with Gasteiger partial charge in [0.25, 0.3) is 15.9 Å². The third-order valence-corrected chi connectivity index (χ3v) is 5.28. The zero-order valence-corrected chi connectivity index (χ0v) is 14.1. The number of nitrogens with zero attached hydrogens (tertiary/aromatic N) is 1. The number of rotatable bonds is 5. The van der Waals surface area contributed by atoms with Gasteiger partial charge in [-0.25, -0.2) is 18.7 Å². The number of benzene rings is 2. The van der Waals surface area contributed by atoms with Gasteiger partial charge in [-0.1, -0.05) is 15.9 Å². The molecule has 2 aromatic carbocycles. The second kappa shape index (κ2) is 7.07. The maximum absolute atomic E-state index is 13.1. The van der Waals surface area contributed by atoms with Crippen molar-refractivity contribution in [3.63, 3.8) is 0 Å². The van der Waals surface area contributed by atoms with E-state index >= 15 is 0 Å². The Bertz CT molecular complexity index is 795. The van der Waals surface area contributed by atoms with Crippen molar-refractivity contribution >= 4 is 37.5 Å². The first-order valence-electron chi connectivity index (χ1n) is 6.38. The van der Waals surface area contributed by atoms with Gasteiger partial charge in [0.15, 0.2) is 0 Å². The Morgan fingerprint density at radius 3 is 2.22 bits per heavy atom. The normalized spacial score (nSPS) is 11.1. The number of hydrogen-bond acceptors (Lipinski definition) is 4. The van der Waals surface area contributed by atoms with E-state index in [0.717, 1.165) is 16.4 Å². The average Bonchev–Trinajstić information content (AvgIpc) is 2.53. The summed E-state index contributed by atoms with van der Waals surface area (Å²) in [6.07, 6.45) is 0. The van der Waals surface area contributed by atoms with E-state index in [4.69, 9.17) is 5.84 Å². The van der Waals surface area contributed by atoms with Gasteiger partial charge in [0.2, 0.25) is 0 Å². The van der Waals surface area contributed by atoms with E-state index in [1.54, 1.807) is 12.1 Å². The summed E-state index contributed by atoms with van der Waals surface area (Å²) in [6, 6.07) is 10.7. The quantitative estimate of drug-likeness (QED) is 0.453. The van der Waals surface area contributed by atoms with E-state index in [2.05, 4.69) is 15.9 Å². The summed E-state index contributed by atoms with van der Waals surface area (Å²) >= 11 is 3.22. The molecule has 0 atom stereocenters. The Kier molecular flexibility index (Phi) is 5.34. The molecule has 0 aliphatic rings. The molecule has 1 amide bonds. The fourth-order valence-electron chi connectivity index (χ4n) is 1.83. The second-order valence-electron chi connectivity index (χ2n) is 4.51. The van der Waals surface area contributed by atoms with Crippen LogP contribution in [0.3, 0.4) is 0 Å². The molecule has 0 saturated heterocycles. The molecule has 0 fully saturated rings. The van der Waals surface area contributed by atoms with E-state index in [9.17, 15) is 17.6 Å². The predicted octanol–water partition coefficient (Wildman–Crippen LogP) is 1.77. The van der Waals surface area contributed by atoms with E-state index in [-0.39, 0.29) is 10.6 Å². The molecule has 0 radical (unpaired) electrons. The summed E-state index contributed by atoms with van der Waals surface area (Å²) in [4.78, 5) is 11.6. The Morgan fingerprint density at radius 1 is 1.13 bits per heavy atom. The molecule has 6 nitrogen and oxygen atoms in total. The van der Waals surface area contributed by atoms with Crippen molar-refractivity contribution < 1.29 is 17.6 Å². The lowest BCUT2D eigenvalue weighted by molar-refractivity contribution is -0.119. The highest BCUT2D eigenvalue weighted by Crippen LogP contribution is 2.24. The van der Waals surface area contributed by atoms with Crippen LogP contribution in [0.4, 0.5) is 10.1 Å². The van der Waals surface area contributed by atoms with Crippen LogP contribution in [0.5, 0.6) is 0 Å². The Morgan fingerprint density at radius 2 is 1.70 bits per heavy atom. The number of anilines is 1. The molecule has 3 N–H and O–H groups in total. The molecule has 9 heteroatoms. The number of nitrogens with one attached hydrogen (secondary N) is 1. The summed E-state index contributed by atoms with van der Waals surface area (Å²) in [5, 5.41) is 0. The van der Waals surface area contributed by atoms with Crippen LogP contribution in [-0.2, 0) is 14.8 Å². The molecule has 0 aliphatic carbocycles. The van der Waals surface area contributed by atoms with Crippen LogP contribution in [0.1, 0.15) is 0 Å². The maximum Gasteiger partial charge on any atom is 0.264 e. The van der Waals surface area contributed by atoms with Gasteiger partial charge < -0.3 is 0 Å². The maximum atomic E-state index is 13.1. The lowest BCUT2D eigenvalue weighted by Crippen LogP contribution is -2.43. The molecule has 0 aliphatic heterocycles. The minimum absolute atomic E-state index is 0.00477. The molecule has 0 aromatic heterocycles. The van der Waals surface area contributed by atoms with Crippen LogP contribution in [0.15, 0.2) is 57.9 Å². The van der Waals surface area contributed by atoms with Crippen LogP contribution in [0, 0.1) is 5.82 Å². The summed E-state index contributed by atoms with van der Waals surface area (Å²) in [6.45, 7) is -0.527. The molecule has 0 unspecified atom stereocenters. The molecular weight excluding hydrogens is 389 g/mol. The monoisotopic (exact) mass is 401 g/mol. The summed E-state index contributed by atoms with van der Waals surface area (Å²) in [5.74, 6) is 3.82. The second-order valence-corrected chi connectivity index (χ2v) is 7.29. The van der Waals surface area contributed by atoms with Crippen LogP contribution in [0.25, 0.3) is 0 Å². The van der Waals surface area contributed by atoms with E-state index in [1.807, 2.05) is 5.43 Å². The highest BCUT2D eigenvalue weighted by molar-refractivity contribution is 9.10. The minimum Gasteiger partial charge on any atom is -0.293 e. The van der Waals surface area contributed by atoms with Gasteiger partial charge in [-0.05, 0) is 48.5 Å². The molecule has 0 spiro atoms. The third-order valence-electron chi connectivity index (χ3n) is 2.96. The zero-order chi connectivity index (χ0) is 17.0. The number of nitrogens with two attached hydrogens (primary N) is 1. The van der Waals surface area contributed by atoms with Crippen molar-refractivity contribution in [2.45, 2.75) is 4.90 Å². The first-order valence-corrected chi connectivity index (χ1v) is 8.61. The number of carbonyl (C=O) groups excluding carboxylic acids is 1. The number of hydrazine groups is 1. The van der Waals surface area contributed by atoms with Gasteiger partial charge in [-0.3, -0.25) is 14.5 Å². The Labute approximate surface area is 141 Å². The third kappa shape index (κ3) is 4.06. The Hall–Kier alpha value is -1.97. The van der Waals surface area contributed by atoms with Crippen LogP contribution in [-0.4, -0.2) is 20.9 Å². The van der Waals surface area contributed by atoms with Crippen molar-refractivity contribution in [3.05, 3.63) is 58.8 Å². The summed E-state index contributed by atoms with van der Waals surface area (Å²) < 4.78 is 40.2. The van der Waals surface area contributed by atoms with Gasteiger partial charge in [0.1, 0.15) is 12.4 Å². The van der Waals surface area contributed by atoms with E-state index in [1.165, 1.54) is 24.3 Å². The van der Waals surface area contributed by atoms with Crippen LogP contribution in [0.2, 0.25) is 0 Å². The number of carbonyl (C=O) groups is 1. The van der Waals surface area contributed by atoms with Gasteiger partial charge in [0, 0.05) is 4.47 Å². The van der Waals surface area contributed by atoms with E-state index < -0.39 is 28.3 Å². The summed E-state index contributed by atoms with van der Waals surface area (Å²) in [7, 11) is -4.02. The van der Waals surface area contributed by atoms with Crippen molar-refractivity contribution in [1.82, 2.24) is 5.43 Å². The van der Waals surface area contributed by atoms with Crippen LogP contribution < -0.4 is 15.6 Å². The molecule has 0 bridgehead atoms. The predicted molar refractivity (Wildman–Crippen MR) is 87.4 cm³/mol. The van der Waals surface area contributed by atoms with E-state index in [0.29, 0.717) is 4.47 Å². The first kappa shape index (κ1) is 17.4. The topological polar surface area (TPSA) is 92.5 Å². The number of sulfonamides is 1. The molecule has 0 saturated carbocycles. The average molecular weight is 402 g/mol. The van der Waals surface area contributed by atoms with Gasteiger partial charge in [-0.15, -0.1) is 0 Å². The highest BCUT2D eigenvalue weighted by atomic mass is 79.9. The van der Waals surface area contributed by atoms with Crippen molar-refractivity contribution in [1.29, 1.82) is 0 Å². The standard InChI is InChI=1S/C14H13BrFN3O3S/c15-10-1-7-13(8-2-10)23(21,22)19(9-14(20)18-17)12-5-3-11(16)4-6-12/h1-8H,9,17H2,(H,18,20). The van der Waals surface area contributed by atoms with Gasteiger partial charge in [-0.2, -0.15) is 0 Å². The summed E-state index contributed by atoms with van der Waals surface area (Å²) in [5.41, 5.74) is 2.03. The van der Waals surface area contributed by atoms with Crippen molar-refractivity contribution in [3.8, 4) is 0 Å². The molecule has 0 heterocycles. The lowest BCUT2D eigenvalue weighted by atomic mass is 10.3. The largest absolute Gasteiger partial charge is 0.293 e. The lowest BCUT2D eigenvalue weighted by Gasteiger charge is -2.23. The van der Waals surface area contributed by atoms with Crippen molar-refractivity contribution in [2.24, 2.45) is 5.84 Å². The van der Waals surface area contributed by atoms with Gasteiger partial charge >= 0.3 is 0 Å². The highest BCUT2D eigenvalue weighted by Gasteiger charge is 2.27. The molecular formula is C14H13BrFN3O3S. The Balaban J connectivity index is 2.49. The minimum atomic E-state index is -4.02. The fourth-order valence-corrected chi connectivity index (χ4v) is 3.52. The fraction of sp³-hybridized carbons (Fsp3) is 0.0714. The first-order chi connectivity index (χ1) is 10.8. The molecule has 2 rings (SSSR count).